The van der Waals surface area contributed by atoms with E-state index >= 15 is 0 Å². The Hall–Kier alpha value is -2.53. The summed E-state index contributed by atoms with van der Waals surface area (Å²) < 4.78 is 11.9. The van der Waals surface area contributed by atoms with E-state index in [1.807, 2.05) is 30.3 Å². The first-order valence-electron chi connectivity index (χ1n) is 14.5. The summed E-state index contributed by atoms with van der Waals surface area (Å²) in [4.78, 5) is 45.1. The molecule has 4 heterocycles. The van der Waals surface area contributed by atoms with E-state index in [1.165, 1.54) is 0 Å². The Morgan fingerprint density at radius 2 is 1.77 bits per heavy atom. The minimum Gasteiger partial charge on any atom is -0.396 e. The molecule has 0 radical (unpaired) electrons. The van der Waals surface area contributed by atoms with Gasteiger partial charge in [0.15, 0.2) is 0 Å². The molecule has 214 valence electrons. The molecule has 0 aromatic heterocycles. The molecule has 10 nitrogen and oxygen atoms in total. The van der Waals surface area contributed by atoms with Crippen molar-refractivity contribution in [3.05, 3.63) is 35.9 Å². The van der Waals surface area contributed by atoms with Crippen LogP contribution in [0.15, 0.2) is 30.3 Å². The third-order valence-corrected chi connectivity index (χ3v) is 8.80. The largest absolute Gasteiger partial charge is 0.396 e. The second-order valence-corrected chi connectivity index (χ2v) is 11.2. The van der Waals surface area contributed by atoms with Crippen LogP contribution in [0.2, 0.25) is 0 Å². The van der Waals surface area contributed by atoms with Crippen molar-refractivity contribution >= 4 is 17.7 Å². The number of nitrogens with zero attached hydrogens (tertiary/aromatic N) is 2. The molecule has 1 aromatic rings. The lowest BCUT2D eigenvalue weighted by Crippen LogP contribution is -2.56. The van der Waals surface area contributed by atoms with E-state index in [2.05, 4.69) is 15.5 Å². The average molecular weight is 543 g/mol. The van der Waals surface area contributed by atoms with E-state index in [9.17, 15) is 14.4 Å². The van der Waals surface area contributed by atoms with Gasteiger partial charge in [0.05, 0.1) is 31.2 Å². The van der Waals surface area contributed by atoms with Gasteiger partial charge in [-0.15, -0.1) is 0 Å². The van der Waals surface area contributed by atoms with Crippen LogP contribution >= 0.6 is 0 Å². The molecule has 0 saturated carbocycles. The van der Waals surface area contributed by atoms with Crippen molar-refractivity contribution in [1.82, 2.24) is 20.4 Å². The fraction of sp³-hybridized carbons (Fsp3) is 0.690. The zero-order chi connectivity index (χ0) is 27.2. The Kier molecular flexibility index (Phi) is 9.17. The van der Waals surface area contributed by atoms with Crippen LogP contribution in [0.4, 0.5) is 0 Å². The Balaban J connectivity index is 1.29. The first-order valence-corrected chi connectivity index (χ1v) is 14.5. The first kappa shape index (κ1) is 28.0. The van der Waals surface area contributed by atoms with Gasteiger partial charge in [-0.25, -0.2) is 0 Å². The third kappa shape index (κ3) is 5.84. The van der Waals surface area contributed by atoms with Gasteiger partial charge in [0.1, 0.15) is 11.6 Å². The Morgan fingerprint density at radius 3 is 2.54 bits per heavy atom. The van der Waals surface area contributed by atoms with Gasteiger partial charge in [-0.3, -0.25) is 19.3 Å². The number of likely N-dealkylation sites (tertiary alicyclic amines) is 1. The number of unbranched alkanes of at least 4 members (excludes halogenated alkanes) is 3. The summed E-state index contributed by atoms with van der Waals surface area (Å²) in [7, 11) is 0. The van der Waals surface area contributed by atoms with E-state index in [4.69, 9.17) is 14.6 Å². The van der Waals surface area contributed by atoms with Crippen LogP contribution in [0.5, 0.6) is 0 Å². The van der Waals surface area contributed by atoms with E-state index < -0.39 is 23.5 Å². The number of rotatable bonds is 13. The van der Waals surface area contributed by atoms with Crippen LogP contribution in [0.1, 0.15) is 44.1 Å². The van der Waals surface area contributed by atoms with Crippen molar-refractivity contribution in [2.45, 2.75) is 62.8 Å². The number of ether oxygens (including phenoxy) is 2. The van der Waals surface area contributed by atoms with Gasteiger partial charge in [-0.1, -0.05) is 43.2 Å². The summed E-state index contributed by atoms with van der Waals surface area (Å²) in [5.74, 6) is -1.77. The van der Waals surface area contributed by atoms with Gasteiger partial charge in [-0.2, -0.15) is 0 Å². The van der Waals surface area contributed by atoms with Gasteiger partial charge < -0.3 is 30.1 Å². The number of carbonyl (C=O) groups is 3. The number of morpholine rings is 1. The monoisotopic (exact) mass is 542 g/mol. The van der Waals surface area contributed by atoms with Crippen LogP contribution in [-0.2, 0) is 30.4 Å². The topological polar surface area (TPSA) is 120 Å². The summed E-state index contributed by atoms with van der Waals surface area (Å²) in [5.41, 5.74) is 0.0226. The molecule has 2 unspecified atom stereocenters. The molecule has 3 amide bonds. The summed E-state index contributed by atoms with van der Waals surface area (Å²) in [5, 5.41) is 15.2. The Morgan fingerprint density at radius 1 is 1.00 bits per heavy atom. The zero-order valence-corrected chi connectivity index (χ0v) is 22.7. The van der Waals surface area contributed by atoms with Crippen LogP contribution in [0.3, 0.4) is 0 Å². The Bertz CT molecular complexity index is 1000. The number of fused-ring (bicyclic) bond motifs is 1. The number of hydrogen-bond acceptors (Lipinski definition) is 7. The fourth-order valence-corrected chi connectivity index (χ4v) is 6.90. The zero-order valence-electron chi connectivity index (χ0n) is 22.7. The number of aliphatic hydroxyl groups excluding tert-OH is 1. The van der Waals surface area contributed by atoms with E-state index in [0.29, 0.717) is 45.7 Å². The van der Waals surface area contributed by atoms with Crippen molar-refractivity contribution in [2.24, 2.45) is 11.8 Å². The lowest BCUT2D eigenvalue weighted by molar-refractivity contribution is -0.142. The minimum absolute atomic E-state index is 0.146. The number of hydrogen-bond donors (Lipinski definition) is 3. The van der Waals surface area contributed by atoms with Crippen molar-refractivity contribution in [3.63, 3.8) is 0 Å². The molecule has 4 aliphatic heterocycles. The molecule has 4 fully saturated rings. The molecular weight excluding hydrogens is 500 g/mol. The maximum absolute atomic E-state index is 13.9. The quantitative estimate of drug-likeness (QED) is 0.314. The lowest BCUT2D eigenvalue weighted by atomic mass is 9.70. The number of aliphatic hydroxyl groups is 1. The minimum atomic E-state index is -0.968. The van der Waals surface area contributed by atoms with Crippen LogP contribution < -0.4 is 10.6 Å². The molecule has 5 atom stereocenters. The normalized spacial score (nSPS) is 30.0. The molecule has 4 saturated heterocycles. The SMILES string of the molecule is O=C(NCCN1CCOCC1)C1N(CCCCCCO)C(=O)[C@@H]2[C@@H](C(=O)NCc3ccccc3)[C@H]3CCC12O3. The molecule has 2 bridgehead atoms. The van der Waals surface area contributed by atoms with Gasteiger partial charge >= 0.3 is 0 Å². The smallest absolute Gasteiger partial charge is 0.245 e. The molecule has 1 spiro atoms. The molecule has 0 aliphatic carbocycles. The third-order valence-electron chi connectivity index (χ3n) is 8.80. The predicted octanol–water partition coefficient (Wildman–Crippen LogP) is 0.679. The Labute approximate surface area is 230 Å². The lowest BCUT2D eigenvalue weighted by Gasteiger charge is -2.34. The summed E-state index contributed by atoms with van der Waals surface area (Å²) in [6.45, 7) is 5.26. The van der Waals surface area contributed by atoms with E-state index in [0.717, 1.165) is 50.9 Å². The van der Waals surface area contributed by atoms with Crippen molar-refractivity contribution < 1.29 is 29.0 Å². The second kappa shape index (κ2) is 12.8. The van der Waals surface area contributed by atoms with Gasteiger partial charge in [0, 0.05) is 45.9 Å². The van der Waals surface area contributed by atoms with Crippen LogP contribution in [0.25, 0.3) is 0 Å². The number of benzene rings is 1. The van der Waals surface area contributed by atoms with Crippen LogP contribution in [0, 0.1) is 11.8 Å². The van der Waals surface area contributed by atoms with E-state index in [-0.39, 0.29) is 30.4 Å². The van der Waals surface area contributed by atoms with Gasteiger partial charge in [-0.05, 0) is 31.2 Å². The summed E-state index contributed by atoms with van der Waals surface area (Å²) in [6, 6.07) is 8.96. The highest BCUT2D eigenvalue weighted by atomic mass is 16.5. The number of carbonyl (C=O) groups excluding carboxylic acids is 3. The van der Waals surface area contributed by atoms with Crippen molar-refractivity contribution in [3.8, 4) is 0 Å². The van der Waals surface area contributed by atoms with Crippen LogP contribution in [-0.4, -0.2) is 103 Å². The highest BCUT2D eigenvalue weighted by molar-refractivity contribution is 5.98. The van der Waals surface area contributed by atoms with Gasteiger partial charge in [0.25, 0.3) is 0 Å². The molecule has 1 aromatic carbocycles. The van der Waals surface area contributed by atoms with Gasteiger partial charge in [0.2, 0.25) is 17.7 Å². The highest BCUT2D eigenvalue weighted by Crippen LogP contribution is 2.58. The molecule has 10 heteroatoms. The maximum Gasteiger partial charge on any atom is 0.245 e. The van der Waals surface area contributed by atoms with E-state index in [1.54, 1.807) is 4.90 Å². The molecular formula is C29H42N4O6. The fourth-order valence-electron chi connectivity index (χ4n) is 6.90. The highest BCUT2D eigenvalue weighted by Gasteiger charge is 2.74. The number of nitrogens with one attached hydrogen (secondary N) is 2. The maximum atomic E-state index is 13.9. The molecule has 39 heavy (non-hydrogen) atoms. The predicted molar refractivity (Wildman–Crippen MR) is 143 cm³/mol. The average Bonchev–Trinajstić information content (AvgIpc) is 3.60. The number of amides is 3. The second-order valence-electron chi connectivity index (χ2n) is 11.2. The molecule has 3 N–H and O–H groups in total. The summed E-state index contributed by atoms with van der Waals surface area (Å²) >= 11 is 0. The first-order chi connectivity index (χ1) is 19.0. The summed E-state index contributed by atoms with van der Waals surface area (Å²) in [6.07, 6.45) is 4.09. The standard InChI is InChI=1S/C29H42N4O6/c34-17-7-2-1-6-13-33-25(27(36)30-12-14-32-15-18-38-19-16-32)29-11-10-22(39-29)23(24(29)28(33)37)26(35)31-20-21-8-4-3-5-9-21/h3-5,8-9,22-25,34H,1-2,6-7,10-20H2,(H,30,36)(H,31,35)/t22-,23+,24+,25?,29?/m1/s1. The molecule has 5 rings (SSSR count). The van der Waals surface area contributed by atoms with Crippen molar-refractivity contribution in [2.75, 3.05) is 52.5 Å². The molecule has 4 aliphatic rings. The van der Waals surface area contributed by atoms with Crippen molar-refractivity contribution in [1.29, 1.82) is 0 Å².